The molecule has 0 aliphatic carbocycles. The molecule has 5 rings (SSSR count). The molecule has 2 aromatic heterocycles. The summed E-state index contributed by atoms with van der Waals surface area (Å²) in [5.74, 6) is 1.98. The smallest absolute Gasteiger partial charge is 0.291 e. The van der Waals surface area contributed by atoms with Crippen molar-refractivity contribution in [2.24, 2.45) is 5.92 Å². The average Bonchev–Trinajstić information content (AvgIpc) is 3.04. The Morgan fingerprint density at radius 3 is 2.81 bits per heavy atom. The third kappa shape index (κ3) is 4.08. The van der Waals surface area contributed by atoms with Crippen molar-refractivity contribution >= 4 is 12.4 Å². The van der Waals surface area contributed by atoms with Crippen LogP contribution in [0.25, 0.3) is 0 Å². The highest BCUT2D eigenvalue weighted by molar-refractivity contribution is 5.91. The lowest BCUT2D eigenvalue weighted by molar-refractivity contribution is -0.122. The highest BCUT2D eigenvalue weighted by atomic mass is 16.3. The van der Waals surface area contributed by atoms with Gasteiger partial charge in [0.15, 0.2) is 0 Å². The first kappa shape index (κ1) is 22.2. The van der Waals surface area contributed by atoms with Crippen LogP contribution in [-0.2, 0) is 17.8 Å². The second kappa shape index (κ2) is 9.67. The van der Waals surface area contributed by atoms with E-state index in [0.29, 0.717) is 24.8 Å². The Labute approximate surface area is 187 Å². The largest absolute Gasteiger partial charge is 0.483 e. The van der Waals surface area contributed by atoms with Gasteiger partial charge in [0.25, 0.3) is 17.9 Å². The fourth-order valence-electron chi connectivity index (χ4n) is 5.66. The minimum atomic E-state index is -0.250. The van der Waals surface area contributed by atoms with Gasteiger partial charge in [-0.15, -0.1) is 10.2 Å². The number of aromatic nitrogens is 4. The van der Waals surface area contributed by atoms with E-state index < -0.39 is 0 Å². The lowest BCUT2D eigenvalue weighted by atomic mass is 9.77. The third-order valence-corrected chi connectivity index (χ3v) is 6.97. The molecule has 0 unspecified atom stereocenters. The van der Waals surface area contributed by atoms with Crippen molar-refractivity contribution in [3.05, 3.63) is 45.9 Å². The van der Waals surface area contributed by atoms with E-state index in [2.05, 4.69) is 23.2 Å². The quantitative estimate of drug-likeness (QED) is 0.733. The van der Waals surface area contributed by atoms with Crippen LogP contribution in [0.2, 0.25) is 0 Å². The molecule has 2 bridgehead atoms. The van der Waals surface area contributed by atoms with E-state index in [1.807, 2.05) is 20.1 Å². The van der Waals surface area contributed by atoms with Crippen LogP contribution in [-0.4, -0.2) is 54.8 Å². The SMILES string of the molecule is CCC[C@H]1[C@H]2C[C@H](CN(C(=O)c3nnc4n3CCCCC4)C2)c2cccc(=O)n21.O=CO. The molecular weight excluding hydrogens is 410 g/mol. The number of fused-ring (bicyclic) bond motifs is 5. The molecule has 0 radical (unpaired) electrons. The van der Waals surface area contributed by atoms with Gasteiger partial charge in [-0.25, -0.2) is 0 Å². The second-order valence-corrected chi connectivity index (χ2v) is 8.93. The van der Waals surface area contributed by atoms with Gasteiger partial charge < -0.3 is 19.1 Å². The first-order valence-electron chi connectivity index (χ1n) is 11.6. The number of nitrogens with zero attached hydrogens (tertiary/aromatic N) is 5. The summed E-state index contributed by atoms with van der Waals surface area (Å²) in [4.78, 5) is 36.4. The van der Waals surface area contributed by atoms with Crippen LogP contribution in [0.5, 0.6) is 0 Å². The van der Waals surface area contributed by atoms with Crippen LogP contribution in [0.3, 0.4) is 0 Å². The average molecular weight is 442 g/mol. The molecule has 9 nitrogen and oxygen atoms in total. The Kier molecular flexibility index (Phi) is 6.72. The Bertz CT molecular complexity index is 1030. The lowest BCUT2D eigenvalue weighted by Gasteiger charge is -2.47. The number of hydrogen-bond donors (Lipinski definition) is 1. The van der Waals surface area contributed by atoms with Gasteiger partial charge in [0.05, 0.1) is 0 Å². The Hall–Kier alpha value is -2.97. The van der Waals surface area contributed by atoms with Crippen molar-refractivity contribution in [3.63, 3.8) is 0 Å². The normalized spacial score (nSPS) is 23.8. The van der Waals surface area contributed by atoms with E-state index in [1.165, 1.54) is 6.42 Å². The molecule has 32 heavy (non-hydrogen) atoms. The molecule has 2 aromatic rings. The molecule has 1 fully saturated rings. The number of carbonyl (C=O) groups excluding carboxylic acids is 1. The molecule has 172 valence electrons. The number of likely N-dealkylation sites (tertiary alicyclic amines) is 1. The van der Waals surface area contributed by atoms with Crippen LogP contribution < -0.4 is 5.56 Å². The Balaban J connectivity index is 0.000000775. The molecule has 3 aliphatic heterocycles. The van der Waals surface area contributed by atoms with Gasteiger partial charge >= 0.3 is 0 Å². The number of pyridine rings is 1. The minimum Gasteiger partial charge on any atom is -0.483 e. The summed E-state index contributed by atoms with van der Waals surface area (Å²) in [5.41, 5.74) is 1.18. The van der Waals surface area contributed by atoms with E-state index in [0.717, 1.165) is 56.6 Å². The maximum Gasteiger partial charge on any atom is 0.291 e. The van der Waals surface area contributed by atoms with Crippen molar-refractivity contribution in [2.75, 3.05) is 13.1 Å². The highest BCUT2D eigenvalue weighted by Crippen LogP contribution is 2.43. The van der Waals surface area contributed by atoms with Gasteiger partial charge in [-0.2, -0.15) is 0 Å². The monoisotopic (exact) mass is 441 g/mol. The predicted molar refractivity (Wildman–Crippen MR) is 118 cm³/mol. The van der Waals surface area contributed by atoms with Crippen molar-refractivity contribution < 1.29 is 14.7 Å². The Morgan fingerprint density at radius 1 is 1.22 bits per heavy atom. The van der Waals surface area contributed by atoms with E-state index in [-0.39, 0.29) is 29.9 Å². The number of rotatable bonds is 3. The van der Waals surface area contributed by atoms with E-state index in [4.69, 9.17) is 9.90 Å². The molecule has 1 N–H and O–H groups in total. The summed E-state index contributed by atoms with van der Waals surface area (Å²) in [6, 6.07) is 5.77. The number of hydrogen-bond acceptors (Lipinski definition) is 5. The zero-order valence-electron chi connectivity index (χ0n) is 18.5. The Morgan fingerprint density at radius 2 is 2.03 bits per heavy atom. The molecule has 1 amide bonds. The van der Waals surface area contributed by atoms with Gasteiger partial charge in [-0.3, -0.25) is 14.4 Å². The standard InChI is InChI=1S/C22H29N5O2.CH2O2/c1-2-7-17-15-12-16(18-8-6-10-20(28)27(17)18)14-25(13-15)22(29)21-24-23-19-9-4-3-5-11-26(19)21;2-1-3/h6,8,10,15-17H,2-5,7,9,11-14H2,1H3;1H,(H,2,3)/t15-,16+,17-;/m0./s1. The molecule has 0 spiro atoms. The zero-order chi connectivity index (χ0) is 22.7. The van der Waals surface area contributed by atoms with Gasteiger partial charge in [-0.05, 0) is 37.7 Å². The van der Waals surface area contributed by atoms with Crippen LogP contribution in [0.1, 0.15) is 79.5 Å². The van der Waals surface area contributed by atoms with Crippen LogP contribution in [0, 0.1) is 5.92 Å². The minimum absolute atomic E-state index is 0.00215. The first-order valence-corrected chi connectivity index (χ1v) is 11.6. The summed E-state index contributed by atoms with van der Waals surface area (Å²) < 4.78 is 4.06. The number of carboxylic acid groups (broad SMARTS) is 1. The molecule has 9 heteroatoms. The highest BCUT2D eigenvalue weighted by Gasteiger charge is 2.42. The fourth-order valence-corrected chi connectivity index (χ4v) is 5.66. The van der Waals surface area contributed by atoms with Crippen LogP contribution in [0.4, 0.5) is 0 Å². The zero-order valence-corrected chi connectivity index (χ0v) is 18.5. The van der Waals surface area contributed by atoms with Crippen molar-refractivity contribution in [2.45, 2.75) is 70.4 Å². The number of carbonyl (C=O) groups is 2. The van der Waals surface area contributed by atoms with Crippen molar-refractivity contribution in [1.82, 2.24) is 24.2 Å². The van der Waals surface area contributed by atoms with E-state index in [9.17, 15) is 9.59 Å². The summed E-state index contributed by atoms with van der Waals surface area (Å²) in [6.45, 7) is 4.10. The van der Waals surface area contributed by atoms with Gasteiger partial charge in [0, 0.05) is 49.8 Å². The van der Waals surface area contributed by atoms with Crippen molar-refractivity contribution in [1.29, 1.82) is 0 Å². The number of aryl methyl sites for hydroxylation is 1. The molecule has 3 atom stereocenters. The first-order chi connectivity index (χ1) is 15.6. The molecule has 1 saturated heterocycles. The van der Waals surface area contributed by atoms with Gasteiger partial charge in [0.1, 0.15) is 5.82 Å². The van der Waals surface area contributed by atoms with Crippen LogP contribution >= 0.6 is 0 Å². The fraction of sp³-hybridized carbons (Fsp3) is 0.609. The van der Waals surface area contributed by atoms with E-state index in [1.54, 1.807) is 6.07 Å². The molecule has 3 aliphatic rings. The van der Waals surface area contributed by atoms with E-state index >= 15 is 0 Å². The maximum absolute atomic E-state index is 13.5. The lowest BCUT2D eigenvalue weighted by Crippen LogP contribution is -2.51. The number of piperidine rings is 1. The van der Waals surface area contributed by atoms with Crippen molar-refractivity contribution in [3.8, 4) is 0 Å². The molecule has 0 aromatic carbocycles. The third-order valence-electron chi connectivity index (χ3n) is 6.97. The van der Waals surface area contributed by atoms with Crippen LogP contribution in [0.15, 0.2) is 23.0 Å². The molecule has 5 heterocycles. The topological polar surface area (TPSA) is 110 Å². The number of amides is 1. The van der Waals surface area contributed by atoms with Gasteiger partial charge in [0.2, 0.25) is 5.82 Å². The summed E-state index contributed by atoms with van der Waals surface area (Å²) >= 11 is 0. The predicted octanol–water partition coefficient (Wildman–Crippen LogP) is 2.47. The summed E-state index contributed by atoms with van der Waals surface area (Å²) in [6.07, 6.45) is 7.32. The maximum atomic E-state index is 13.5. The van der Waals surface area contributed by atoms with Gasteiger partial charge in [-0.1, -0.05) is 25.8 Å². The second-order valence-electron chi connectivity index (χ2n) is 8.93. The summed E-state index contributed by atoms with van der Waals surface area (Å²) in [5, 5.41) is 15.5. The summed E-state index contributed by atoms with van der Waals surface area (Å²) in [7, 11) is 0. The molecule has 0 saturated carbocycles. The molecular formula is C23H31N5O4.